The van der Waals surface area contributed by atoms with Gasteiger partial charge in [0.05, 0.1) is 11.3 Å². The van der Waals surface area contributed by atoms with Crippen molar-refractivity contribution in [1.82, 2.24) is 10.2 Å². The van der Waals surface area contributed by atoms with E-state index in [-0.39, 0.29) is 16.9 Å². The van der Waals surface area contributed by atoms with E-state index in [9.17, 15) is 14.0 Å². The Kier molecular flexibility index (Phi) is 3.28. The quantitative estimate of drug-likeness (QED) is 0.787. The molecule has 6 nitrogen and oxygen atoms in total. The molecular weight excluding hydrogens is 253 g/mol. The first kappa shape index (κ1) is 12.7. The number of aromatic amines is 1. The molecule has 1 aromatic heterocycles. The number of halogens is 1. The molecule has 7 heteroatoms. The maximum absolute atomic E-state index is 13.6. The number of carboxylic acid groups (broad SMARTS) is 1. The van der Waals surface area contributed by atoms with E-state index in [1.165, 1.54) is 18.2 Å². The summed E-state index contributed by atoms with van der Waals surface area (Å²) in [4.78, 5) is 22.8. The highest BCUT2D eigenvalue weighted by Gasteiger charge is 2.18. The Morgan fingerprint density at radius 3 is 2.74 bits per heavy atom. The van der Waals surface area contributed by atoms with Gasteiger partial charge in [0.2, 0.25) is 0 Å². The topological polar surface area (TPSA) is 95.1 Å². The van der Waals surface area contributed by atoms with Crippen LogP contribution in [-0.2, 0) is 0 Å². The lowest BCUT2D eigenvalue weighted by Crippen LogP contribution is -2.16. The van der Waals surface area contributed by atoms with Crippen molar-refractivity contribution in [3.8, 4) is 0 Å². The highest BCUT2D eigenvalue weighted by molar-refractivity contribution is 6.06. The maximum atomic E-state index is 13.6. The van der Waals surface area contributed by atoms with Crippen molar-refractivity contribution >= 4 is 17.6 Å². The van der Waals surface area contributed by atoms with Crippen LogP contribution in [0.1, 0.15) is 26.5 Å². The Morgan fingerprint density at radius 2 is 2.16 bits per heavy atom. The molecular formula is C12H10FN3O3. The van der Waals surface area contributed by atoms with E-state index in [1.54, 1.807) is 6.92 Å². The van der Waals surface area contributed by atoms with E-state index in [2.05, 4.69) is 15.5 Å². The van der Waals surface area contributed by atoms with E-state index in [1.807, 2.05) is 0 Å². The zero-order chi connectivity index (χ0) is 14.0. The largest absolute Gasteiger partial charge is 0.478 e. The molecule has 0 saturated carbocycles. The first-order valence-corrected chi connectivity index (χ1v) is 5.34. The Hall–Kier alpha value is -2.70. The van der Waals surface area contributed by atoms with Gasteiger partial charge < -0.3 is 10.4 Å². The molecule has 2 aromatic rings. The zero-order valence-electron chi connectivity index (χ0n) is 9.90. The molecule has 1 aromatic carbocycles. The summed E-state index contributed by atoms with van der Waals surface area (Å²) >= 11 is 0. The first-order valence-electron chi connectivity index (χ1n) is 5.34. The van der Waals surface area contributed by atoms with Crippen LogP contribution in [0.2, 0.25) is 0 Å². The number of aryl methyl sites for hydroxylation is 1. The van der Waals surface area contributed by atoms with E-state index >= 15 is 0 Å². The third-order valence-corrected chi connectivity index (χ3v) is 2.42. The number of aromatic nitrogens is 2. The molecule has 0 atom stereocenters. The van der Waals surface area contributed by atoms with Crippen LogP contribution in [0.15, 0.2) is 24.3 Å². The molecule has 3 N–H and O–H groups in total. The number of nitrogens with one attached hydrogen (secondary N) is 2. The minimum atomic E-state index is -1.33. The minimum Gasteiger partial charge on any atom is -0.478 e. The number of anilines is 1. The van der Waals surface area contributed by atoms with Gasteiger partial charge in [-0.25, -0.2) is 9.18 Å². The van der Waals surface area contributed by atoms with Crippen molar-refractivity contribution in [3.63, 3.8) is 0 Å². The molecule has 0 bridgehead atoms. The van der Waals surface area contributed by atoms with Gasteiger partial charge in [-0.1, -0.05) is 6.07 Å². The summed E-state index contributed by atoms with van der Waals surface area (Å²) in [6.45, 7) is 1.70. The highest BCUT2D eigenvalue weighted by Crippen LogP contribution is 2.20. The zero-order valence-corrected chi connectivity index (χ0v) is 9.90. The van der Waals surface area contributed by atoms with Crippen LogP contribution in [0.25, 0.3) is 0 Å². The summed E-state index contributed by atoms with van der Waals surface area (Å²) in [7, 11) is 0. The molecule has 0 spiro atoms. The molecule has 0 aliphatic rings. The molecule has 98 valence electrons. The van der Waals surface area contributed by atoms with Crippen molar-refractivity contribution in [3.05, 3.63) is 47.0 Å². The lowest BCUT2D eigenvalue weighted by atomic mass is 10.1. The van der Waals surface area contributed by atoms with Gasteiger partial charge in [-0.3, -0.25) is 9.89 Å². The second-order valence-corrected chi connectivity index (χ2v) is 3.86. The van der Waals surface area contributed by atoms with Crippen LogP contribution in [0, 0.1) is 12.7 Å². The average molecular weight is 263 g/mol. The second-order valence-electron chi connectivity index (χ2n) is 3.86. The predicted octanol–water partition coefficient (Wildman–Crippen LogP) is 1.81. The van der Waals surface area contributed by atoms with Crippen LogP contribution in [-0.4, -0.2) is 27.2 Å². The Bertz CT molecular complexity index is 651. The van der Waals surface area contributed by atoms with Gasteiger partial charge in [0.1, 0.15) is 5.82 Å². The standard InChI is InChI=1S/C12H10FN3O3/c1-6-5-9(16-15-6)11(17)14-10-7(12(18)19)3-2-4-8(10)13/h2-5H,1H3,(H,14,17)(H,15,16)(H,18,19). The molecule has 0 fully saturated rings. The summed E-state index contributed by atoms with van der Waals surface area (Å²) in [6.07, 6.45) is 0. The van der Waals surface area contributed by atoms with Gasteiger partial charge in [-0.2, -0.15) is 5.10 Å². The van der Waals surface area contributed by atoms with Crippen LogP contribution >= 0.6 is 0 Å². The second kappa shape index (κ2) is 4.89. The fourth-order valence-corrected chi connectivity index (χ4v) is 1.54. The lowest BCUT2D eigenvalue weighted by Gasteiger charge is -2.08. The van der Waals surface area contributed by atoms with Crippen LogP contribution in [0.5, 0.6) is 0 Å². The number of aromatic carboxylic acids is 1. The Morgan fingerprint density at radius 1 is 1.42 bits per heavy atom. The predicted molar refractivity (Wildman–Crippen MR) is 64.6 cm³/mol. The molecule has 1 heterocycles. The number of rotatable bonds is 3. The fraction of sp³-hybridized carbons (Fsp3) is 0.0833. The number of amides is 1. The van der Waals surface area contributed by atoms with E-state index in [0.717, 1.165) is 6.07 Å². The molecule has 1 amide bonds. The number of nitrogens with zero attached hydrogens (tertiary/aromatic N) is 1. The summed E-state index contributed by atoms with van der Waals surface area (Å²) in [5.74, 6) is -2.83. The molecule has 0 aliphatic heterocycles. The van der Waals surface area contributed by atoms with Crippen LogP contribution < -0.4 is 5.32 Å². The number of para-hydroxylation sites is 1. The molecule has 0 unspecified atom stereocenters. The summed E-state index contributed by atoms with van der Waals surface area (Å²) in [6, 6.07) is 5.00. The van der Waals surface area contributed by atoms with Gasteiger partial charge >= 0.3 is 5.97 Å². The number of H-pyrrole nitrogens is 1. The number of benzene rings is 1. The fourth-order valence-electron chi connectivity index (χ4n) is 1.54. The van der Waals surface area contributed by atoms with Crippen molar-refractivity contribution in [1.29, 1.82) is 0 Å². The van der Waals surface area contributed by atoms with Crippen LogP contribution in [0.4, 0.5) is 10.1 Å². The maximum Gasteiger partial charge on any atom is 0.337 e. The Labute approximate surface area is 107 Å². The van der Waals surface area contributed by atoms with Gasteiger partial charge in [-0.05, 0) is 25.1 Å². The first-order chi connectivity index (χ1) is 8.99. The van der Waals surface area contributed by atoms with E-state index in [4.69, 9.17) is 5.11 Å². The monoisotopic (exact) mass is 263 g/mol. The normalized spacial score (nSPS) is 10.2. The van der Waals surface area contributed by atoms with Gasteiger partial charge in [0.25, 0.3) is 5.91 Å². The van der Waals surface area contributed by atoms with Gasteiger partial charge in [0.15, 0.2) is 5.69 Å². The van der Waals surface area contributed by atoms with Crippen molar-refractivity contribution in [2.24, 2.45) is 0 Å². The minimum absolute atomic E-state index is 0.0529. The molecule has 0 aliphatic carbocycles. The SMILES string of the molecule is Cc1cc(C(=O)Nc2c(F)cccc2C(=O)O)n[nH]1. The summed E-state index contributed by atoms with van der Waals surface area (Å²) < 4.78 is 13.6. The van der Waals surface area contributed by atoms with Crippen LogP contribution in [0.3, 0.4) is 0 Å². The molecule has 0 radical (unpaired) electrons. The molecule has 0 saturated heterocycles. The number of carboxylic acids is 1. The average Bonchev–Trinajstić information content (AvgIpc) is 2.78. The number of carbonyl (C=O) groups excluding carboxylic acids is 1. The van der Waals surface area contributed by atoms with Crippen molar-refractivity contribution in [2.45, 2.75) is 6.92 Å². The highest BCUT2D eigenvalue weighted by atomic mass is 19.1. The third-order valence-electron chi connectivity index (χ3n) is 2.42. The van der Waals surface area contributed by atoms with E-state index in [0.29, 0.717) is 5.69 Å². The Balaban J connectivity index is 2.33. The smallest absolute Gasteiger partial charge is 0.337 e. The molecule has 19 heavy (non-hydrogen) atoms. The summed E-state index contributed by atoms with van der Waals surface area (Å²) in [5.41, 5.74) is 0.0236. The third kappa shape index (κ3) is 2.59. The lowest BCUT2D eigenvalue weighted by molar-refractivity contribution is 0.0697. The number of hydrogen-bond donors (Lipinski definition) is 3. The van der Waals surface area contributed by atoms with E-state index < -0.39 is 17.7 Å². The van der Waals surface area contributed by atoms with Crippen molar-refractivity contribution < 1.29 is 19.1 Å². The molecule has 2 rings (SSSR count). The summed E-state index contributed by atoms with van der Waals surface area (Å²) in [5, 5.41) is 17.4. The number of carbonyl (C=O) groups is 2. The van der Waals surface area contributed by atoms with Gasteiger partial charge in [-0.15, -0.1) is 0 Å². The van der Waals surface area contributed by atoms with Crippen molar-refractivity contribution in [2.75, 3.05) is 5.32 Å². The van der Waals surface area contributed by atoms with Gasteiger partial charge in [0, 0.05) is 5.69 Å². The number of hydrogen-bond acceptors (Lipinski definition) is 3.